The standard InChI is InChI=1S/C22H15F6N3O2/c1-2-33-20(32)14(10-29)8-15-12-31(19-18(15)4-3-5-30-19)11-13-6-16(21(23,24)25)9-17(7-13)22(26,27)28/h3-9,12H,2,11H2,1H3/b14-8+. The van der Waals surface area contributed by atoms with E-state index in [1.54, 1.807) is 25.1 Å². The number of nitrogens with zero attached hydrogens (tertiary/aromatic N) is 3. The summed E-state index contributed by atoms with van der Waals surface area (Å²) in [5.41, 5.74) is -2.85. The van der Waals surface area contributed by atoms with Gasteiger partial charge >= 0.3 is 18.3 Å². The van der Waals surface area contributed by atoms with E-state index in [4.69, 9.17) is 4.74 Å². The molecule has 3 rings (SSSR count). The highest BCUT2D eigenvalue weighted by Gasteiger charge is 2.36. The average Bonchev–Trinajstić information content (AvgIpc) is 3.08. The number of ether oxygens (including phenoxy) is 1. The molecule has 0 aliphatic carbocycles. The van der Waals surface area contributed by atoms with Gasteiger partial charge in [0.15, 0.2) is 0 Å². The lowest BCUT2D eigenvalue weighted by Gasteiger charge is -2.14. The molecule has 0 fully saturated rings. The van der Waals surface area contributed by atoms with E-state index >= 15 is 0 Å². The lowest BCUT2D eigenvalue weighted by Crippen LogP contribution is -2.12. The monoisotopic (exact) mass is 467 g/mol. The largest absolute Gasteiger partial charge is 0.462 e. The first kappa shape index (κ1) is 23.8. The third-order valence-electron chi connectivity index (χ3n) is 4.58. The Bertz CT molecular complexity index is 1230. The number of halogens is 6. The molecule has 3 aromatic rings. The Morgan fingerprint density at radius 2 is 1.79 bits per heavy atom. The van der Waals surface area contributed by atoms with Gasteiger partial charge < -0.3 is 9.30 Å². The molecule has 0 bridgehead atoms. The van der Waals surface area contributed by atoms with E-state index in [0.717, 1.165) is 0 Å². The zero-order valence-corrected chi connectivity index (χ0v) is 17.0. The first-order chi connectivity index (χ1) is 15.4. The Labute approximate surface area is 183 Å². The number of hydrogen-bond acceptors (Lipinski definition) is 4. The topological polar surface area (TPSA) is 67.9 Å². The smallest absolute Gasteiger partial charge is 0.416 e. The molecule has 172 valence electrons. The van der Waals surface area contributed by atoms with Gasteiger partial charge in [0.05, 0.1) is 17.7 Å². The highest BCUT2D eigenvalue weighted by atomic mass is 19.4. The molecule has 5 nitrogen and oxygen atoms in total. The molecule has 0 amide bonds. The molecule has 0 N–H and O–H groups in total. The molecular weight excluding hydrogens is 452 g/mol. The number of carbonyl (C=O) groups is 1. The van der Waals surface area contributed by atoms with Crippen molar-refractivity contribution in [2.75, 3.05) is 6.61 Å². The number of rotatable bonds is 5. The van der Waals surface area contributed by atoms with Crippen LogP contribution in [0.5, 0.6) is 0 Å². The van der Waals surface area contributed by atoms with Gasteiger partial charge in [-0.15, -0.1) is 0 Å². The Balaban J connectivity index is 2.12. The number of benzene rings is 1. The number of fused-ring (bicyclic) bond motifs is 1. The number of nitriles is 1. The van der Waals surface area contributed by atoms with Gasteiger partial charge in [0.25, 0.3) is 0 Å². The van der Waals surface area contributed by atoms with Gasteiger partial charge in [0.2, 0.25) is 0 Å². The fraction of sp³-hybridized carbons (Fsp3) is 0.227. The van der Waals surface area contributed by atoms with Gasteiger partial charge in [0.1, 0.15) is 17.3 Å². The van der Waals surface area contributed by atoms with Crippen molar-refractivity contribution in [2.24, 2.45) is 0 Å². The Kier molecular flexibility index (Phi) is 6.48. The van der Waals surface area contributed by atoms with E-state index < -0.39 is 29.4 Å². The maximum atomic E-state index is 13.2. The van der Waals surface area contributed by atoms with Gasteiger partial charge in [0, 0.05) is 29.9 Å². The summed E-state index contributed by atoms with van der Waals surface area (Å²) in [6, 6.07) is 6.20. The van der Waals surface area contributed by atoms with Gasteiger partial charge in [-0.2, -0.15) is 31.6 Å². The summed E-state index contributed by atoms with van der Waals surface area (Å²) in [5.74, 6) is -0.863. The Morgan fingerprint density at radius 1 is 1.15 bits per heavy atom. The summed E-state index contributed by atoms with van der Waals surface area (Å²) < 4.78 is 85.3. The van der Waals surface area contributed by atoms with E-state index in [2.05, 4.69) is 4.98 Å². The molecular formula is C22H15F6N3O2. The van der Waals surface area contributed by atoms with Gasteiger partial charge in [-0.3, -0.25) is 0 Å². The number of alkyl halides is 6. The van der Waals surface area contributed by atoms with Gasteiger partial charge in [-0.25, -0.2) is 9.78 Å². The molecule has 0 unspecified atom stereocenters. The molecule has 0 spiro atoms. The molecule has 2 heterocycles. The number of carbonyl (C=O) groups excluding carboxylic acids is 1. The molecule has 1 aromatic carbocycles. The van der Waals surface area contributed by atoms with Gasteiger partial charge in [-0.1, -0.05) is 0 Å². The van der Waals surface area contributed by atoms with Crippen molar-refractivity contribution in [2.45, 2.75) is 25.8 Å². The van der Waals surface area contributed by atoms with Gasteiger partial charge in [-0.05, 0) is 48.9 Å². The minimum atomic E-state index is -4.97. The molecule has 11 heteroatoms. The molecule has 0 atom stereocenters. The van der Waals surface area contributed by atoms with Crippen LogP contribution < -0.4 is 0 Å². The Hall–Kier alpha value is -3.81. The van der Waals surface area contributed by atoms with E-state index in [1.807, 2.05) is 0 Å². The molecule has 0 radical (unpaired) electrons. The normalized spacial score (nSPS) is 12.6. The second-order valence-corrected chi connectivity index (χ2v) is 6.89. The van der Waals surface area contributed by atoms with Crippen molar-refractivity contribution in [3.63, 3.8) is 0 Å². The van der Waals surface area contributed by atoms with Crippen LogP contribution in [0.3, 0.4) is 0 Å². The number of hydrogen-bond donors (Lipinski definition) is 0. The summed E-state index contributed by atoms with van der Waals surface area (Å²) in [4.78, 5) is 16.1. The van der Waals surface area contributed by atoms with Crippen molar-refractivity contribution in [3.05, 3.63) is 70.6 Å². The first-order valence-corrected chi connectivity index (χ1v) is 9.45. The molecule has 0 aliphatic heterocycles. The fourth-order valence-corrected chi connectivity index (χ4v) is 3.19. The summed E-state index contributed by atoms with van der Waals surface area (Å²) >= 11 is 0. The van der Waals surface area contributed by atoms with E-state index in [1.165, 1.54) is 23.0 Å². The van der Waals surface area contributed by atoms with E-state index in [-0.39, 0.29) is 36.0 Å². The van der Waals surface area contributed by atoms with Crippen LogP contribution in [0.15, 0.2) is 48.3 Å². The number of aromatic nitrogens is 2. The summed E-state index contributed by atoms with van der Waals surface area (Å²) in [6.45, 7) is 1.24. The van der Waals surface area contributed by atoms with E-state index in [0.29, 0.717) is 23.1 Å². The molecule has 0 saturated carbocycles. The minimum absolute atomic E-state index is 0.0399. The molecule has 0 saturated heterocycles. The van der Waals surface area contributed by atoms with Crippen LogP contribution in [0.4, 0.5) is 26.3 Å². The predicted molar refractivity (Wildman–Crippen MR) is 106 cm³/mol. The quantitative estimate of drug-likeness (QED) is 0.212. The number of esters is 1. The zero-order valence-electron chi connectivity index (χ0n) is 17.0. The maximum Gasteiger partial charge on any atom is 0.416 e. The van der Waals surface area contributed by atoms with Crippen LogP contribution in [0, 0.1) is 11.3 Å². The third-order valence-corrected chi connectivity index (χ3v) is 4.58. The predicted octanol–water partition coefficient (Wildman–Crippen LogP) is 5.59. The van der Waals surface area contributed by atoms with Crippen molar-refractivity contribution in [1.82, 2.24) is 9.55 Å². The molecule has 0 aliphatic rings. The second kappa shape index (κ2) is 8.97. The van der Waals surface area contributed by atoms with Crippen molar-refractivity contribution in [3.8, 4) is 6.07 Å². The second-order valence-electron chi connectivity index (χ2n) is 6.89. The third kappa shape index (κ3) is 5.34. The highest BCUT2D eigenvalue weighted by molar-refractivity contribution is 6.00. The van der Waals surface area contributed by atoms with Crippen LogP contribution in [0.25, 0.3) is 17.1 Å². The zero-order chi connectivity index (χ0) is 24.4. The summed E-state index contributed by atoms with van der Waals surface area (Å²) in [5, 5.41) is 9.70. The number of pyridine rings is 1. The SMILES string of the molecule is CCOC(=O)/C(C#N)=C/c1cn(Cc2cc(C(F)(F)F)cc(C(F)(F)F)c2)c2ncccc12. The van der Waals surface area contributed by atoms with Crippen LogP contribution in [-0.4, -0.2) is 22.1 Å². The van der Waals surface area contributed by atoms with Crippen LogP contribution in [-0.2, 0) is 28.4 Å². The first-order valence-electron chi connectivity index (χ1n) is 9.45. The summed E-state index contributed by atoms with van der Waals surface area (Å²) in [6.07, 6.45) is -5.92. The van der Waals surface area contributed by atoms with E-state index in [9.17, 15) is 36.4 Å². The van der Waals surface area contributed by atoms with Crippen molar-refractivity contribution >= 4 is 23.1 Å². The van der Waals surface area contributed by atoms with Crippen LogP contribution in [0.1, 0.15) is 29.2 Å². The fourth-order valence-electron chi connectivity index (χ4n) is 3.19. The van der Waals surface area contributed by atoms with Crippen LogP contribution >= 0.6 is 0 Å². The maximum absolute atomic E-state index is 13.2. The lowest BCUT2D eigenvalue weighted by molar-refractivity contribution is -0.143. The van der Waals surface area contributed by atoms with Crippen molar-refractivity contribution in [1.29, 1.82) is 5.26 Å². The minimum Gasteiger partial charge on any atom is -0.462 e. The average molecular weight is 467 g/mol. The van der Waals surface area contributed by atoms with Crippen LogP contribution in [0.2, 0.25) is 0 Å². The Morgan fingerprint density at radius 3 is 2.33 bits per heavy atom. The lowest BCUT2D eigenvalue weighted by atomic mass is 10.0. The highest BCUT2D eigenvalue weighted by Crippen LogP contribution is 2.36. The summed E-state index contributed by atoms with van der Waals surface area (Å²) in [7, 11) is 0. The molecule has 2 aromatic heterocycles. The molecule has 33 heavy (non-hydrogen) atoms. The van der Waals surface area contributed by atoms with Crippen molar-refractivity contribution < 1.29 is 35.9 Å².